The van der Waals surface area contributed by atoms with Crippen LogP contribution in [0.15, 0.2) is 11.3 Å². The van der Waals surface area contributed by atoms with E-state index in [1.807, 2.05) is 18.8 Å². The van der Waals surface area contributed by atoms with Gasteiger partial charge in [0.25, 0.3) is 0 Å². The van der Waals surface area contributed by atoms with E-state index in [1.165, 1.54) is 0 Å². The molecule has 0 aromatic carbocycles. The average molecular weight is 398 g/mol. The predicted molar refractivity (Wildman–Crippen MR) is 92.2 cm³/mol. The standard InChI is InChI=1S/C11H22N6S.HI/c1-4-12-11(13-6-5-7-18-3)14-8-10-15-9-16-17(10)2;/h9H,4-8H2,1-3H3,(H2,12,13,14);1H. The summed E-state index contributed by atoms with van der Waals surface area (Å²) in [7, 11) is 1.87. The fraction of sp³-hybridized carbons (Fsp3) is 0.727. The highest BCUT2D eigenvalue weighted by Crippen LogP contribution is 1.95. The molecule has 0 saturated heterocycles. The number of guanidine groups is 1. The van der Waals surface area contributed by atoms with Crippen LogP contribution in [-0.2, 0) is 13.6 Å². The topological polar surface area (TPSA) is 67.1 Å². The molecule has 0 atom stereocenters. The van der Waals surface area contributed by atoms with Crippen molar-refractivity contribution in [2.45, 2.75) is 19.9 Å². The van der Waals surface area contributed by atoms with E-state index in [0.717, 1.165) is 37.0 Å². The summed E-state index contributed by atoms with van der Waals surface area (Å²) in [6.07, 6.45) is 4.80. The van der Waals surface area contributed by atoms with E-state index in [-0.39, 0.29) is 24.0 Å². The zero-order valence-electron chi connectivity index (χ0n) is 11.7. The maximum atomic E-state index is 4.48. The van der Waals surface area contributed by atoms with Gasteiger partial charge in [-0.15, -0.1) is 24.0 Å². The first-order chi connectivity index (χ1) is 8.77. The first-order valence-electron chi connectivity index (χ1n) is 6.12. The molecule has 0 amide bonds. The van der Waals surface area contributed by atoms with Gasteiger partial charge in [0.2, 0.25) is 0 Å². The lowest BCUT2D eigenvalue weighted by Crippen LogP contribution is -2.38. The fourth-order valence-electron chi connectivity index (χ4n) is 1.38. The Kier molecular flexibility index (Phi) is 11.0. The molecule has 1 aromatic rings. The zero-order chi connectivity index (χ0) is 13.2. The van der Waals surface area contributed by atoms with Crippen molar-refractivity contribution in [1.29, 1.82) is 0 Å². The van der Waals surface area contributed by atoms with Crippen LogP contribution in [0.4, 0.5) is 0 Å². The predicted octanol–water partition coefficient (Wildman–Crippen LogP) is 1.24. The summed E-state index contributed by atoms with van der Waals surface area (Å²) in [5, 5.41) is 10.5. The molecule has 0 radical (unpaired) electrons. The molecule has 0 aliphatic rings. The third-order valence-corrected chi connectivity index (χ3v) is 3.04. The van der Waals surface area contributed by atoms with Crippen LogP contribution in [0.2, 0.25) is 0 Å². The Balaban J connectivity index is 0.00000324. The molecule has 8 heteroatoms. The first kappa shape index (κ1) is 18.5. The second-order valence-corrected chi connectivity index (χ2v) is 4.75. The van der Waals surface area contributed by atoms with Gasteiger partial charge in [0.1, 0.15) is 18.7 Å². The van der Waals surface area contributed by atoms with Crippen LogP contribution in [0.1, 0.15) is 19.2 Å². The van der Waals surface area contributed by atoms with Gasteiger partial charge in [-0.3, -0.25) is 4.68 Å². The molecule has 0 bridgehead atoms. The molecule has 6 nitrogen and oxygen atoms in total. The van der Waals surface area contributed by atoms with Crippen molar-refractivity contribution >= 4 is 41.7 Å². The first-order valence-corrected chi connectivity index (χ1v) is 7.51. The number of aryl methyl sites for hydroxylation is 1. The molecule has 0 unspecified atom stereocenters. The lowest BCUT2D eigenvalue weighted by atomic mass is 10.5. The molecule has 1 aromatic heterocycles. The van der Waals surface area contributed by atoms with E-state index < -0.39 is 0 Å². The van der Waals surface area contributed by atoms with Gasteiger partial charge in [-0.1, -0.05) is 0 Å². The lowest BCUT2D eigenvalue weighted by molar-refractivity contribution is 0.697. The number of nitrogens with one attached hydrogen (secondary N) is 2. The summed E-state index contributed by atoms with van der Waals surface area (Å²) in [6.45, 7) is 4.38. The third kappa shape index (κ3) is 7.61. The van der Waals surface area contributed by atoms with Crippen molar-refractivity contribution in [3.63, 3.8) is 0 Å². The van der Waals surface area contributed by atoms with Gasteiger partial charge in [0, 0.05) is 20.1 Å². The molecule has 2 N–H and O–H groups in total. The maximum absolute atomic E-state index is 4.48. The lowest BCUT2D eigenvalue weighted by Gasteiger charge is -2.10. The Morgan fingerprint density at radius 2 is 2.26 bits per heavy atom. The average Bonchev–Trinajstić information content (AvgIpc) is 2.77. The van der Waals surface area contributed by atoms with E-state index in [2.05, 4.69) is 38.9 Å². The van der Waals surface area contributed by atoms with Gasteiger partial charge in [-0.05, 0) is 25.4 Å². The van der Waals surface area contributed by atoms with Crippen molar-refractivity contribution in [3.8, 4) is 0 Å². The van der Waals surface area contributed by atoms with Crippen molar-refractivity contribution in [1.82, 2.24) is 25.4 Å². The quantitative estimate of drug-likeness (QED) is 0.313. The van der Waals surface area contributed by atoms with Crippen molar-refractivity contribution < 1.29 is 0 Å². The molecular weight excluding hydrogens is 375 g/mol. The molecule has 1 rings (SSSR count). The van der Waals surface area contributed by atoms with Crippen molar-refractivity contribution in [2.75, 3.05) is 25.1 Å². The van der Waals surface area contributed by atoms with E-state index in [0.29, 0.717) is 6.54 Å². The number of thioether (sulfide) groups is 1. The van der Waals surface area contributed by atoms with E-state index >= 15 is 0 Å². The molecule has 0 aliphatic carbocycles. The number of halogens is 1. The van der Waals surface area contributed by atoms with E-state index in [4.69, 9.17) is 0 Å². The monoisotopic (exact) mass is 398 g/mol. The molecular formula is C11H23IN6S. The summed E-state index contributed by atoms with van der Waals surface area (Å²) in [6, 6.07) is 0. The van der Waals surface area contributed by atoms with Gasteiger partial charge in [0.05, 0.1) is 0 Å². The summed E-state index contributed by atoms with van der Waals surface area (Å²) < 4.78 is 1.74. The zero-order valence-corrected chi connectivity index (χ0v) is 14.9. The number of hydrogen-bond acceptors (Lipinski definition) is 4. The Morgan fingerprint density at radius 1 is 1.47 bits per heavy atom. The highest BCUT2D eigenvalue weighted by atomic mass is 127. The van der Waals surface area contributed by atoms with E-state index in [9.17, 15) is 0 Å². The molecule has 19 heavy (non-hydrogen) atoms. The van der Waals surface area contributed by atoms with Gasteiger partial charge in [-0.2, -0.15) is 16.9 Å². The third-order valence-electron chi connectivity index (χ3n) is 2.35. The molecule has 110 valence electrons. The number of nitrogens with zero attached hydrogens (tertiary/aromatic N) is 4. The highest BCUT2D eigenvalue weighted by Gasteiger charge is 2.00. The fourth-order valence-corrected chi connectivity index (χ4v) is 1.81. The van der Waals surface area contributed by atoms with Crippen LogP contribution in [0.3, 0.4) is 0 Å². The number of aliphatic imine (C=N–C) groups is 1. The van der Waals surface area contributed by atoms with Crippen LogP contribution in [0, 0.1) is 0 Å². The van der Waals surface area contributed by atoms with Gasteiger partial charge in [0.15, 0.2) is 5.96 Å². The van der Waals surface area contributed by atoms with Gasteiger partial charge >= 0.3 is 0 Å². The summed E-state index contributed by atoms with van der Waals surface area (Å²) in [5.41, 5.74) is 0. The van der Waals surface area contributed by atoms with Crippen LogP contribution >= 0.6 is 35.7 Å². The van der Waals surface area contributed by atoms with E-state index in [1.54, 1.807) is 11.0 Å². The Bertz CT molecular complexity index is 368. The summed E-state index contributed by atoms with van der Waals surface area (Å²) in [4.78, 5) is 8.62. The molecule has 0 spiro atoms. The number of aromatic nitrogens is 3. The minimum Gasteiger partial charge on any atom is -0.357 e. The smallest absolute Gasteiger partial charge is 0.191 e. The highest BCUT2D eigenvalue weighted by molar-refractivity contribution is 14.0. The minimum absolute atomic E-state index is 0. The Hall–Kier alpha value is -0.510. The molecule has 0 saturated carbocycles. The normalized spacial score (nSPS) is 11.0. The minimum atomic E-state index is 0. The SMILES string of the molecule is CCNC(=NCc1ncnn1C)NCCCSC.I. The van der Waals surface area contributed by atoms with Gasteiger partial charge < -0.3 is 10.6 Å². The van der Waals surface area contributed by atoms with Crippen LogP contribution in [0.5, 0.6) is 0 Å². The number of hydrogen-bond donors (Lipinski definition) is 2. The van der Waals surface area contributed by atoms with Gasteiger partial charge in [-0.25, -0.2) is 9.98 Å². The maximum Gasteiger partial charge on any atom is 0.191 e. The Labute approximate surface area is 136 Å². The van der Waals surface area contributed by atoms with Crippen LogP contribution in [0.25, 0.3) is 0 Å². The molecule has 1 heterocycles. The summed E-state index contributed by atoms with van der Waals surface area (Å²) >= 11 is 1.86. The largest absolute Gasteiger partial charge is 0.357 e. The Morgan fingerprint density at radius 3 is 2.84 bits per heavy atom. The number of rotatable bonds is 7. The molecule has 0 aliphatic heterocycles. The van der Waals surface area contributed by atoms with Crippen LogP contribution < -0.4 is 10.6 Å². The second-order valence-electron chi connectivity index (χ2n) is 3.77. The van der Waals surface area contributed by atoms with Crippen molar-refractivity contribution in [2.24, 2.45) is 12.0 Å². The van der Waals surface area contributed by atoms with Crippen molar-refractivity contribution in [3.05, 3.63) is 12.2 Å². The summed E-state index contributed by atoms with van der Waals surface area (Å²) in [5.74, 6) is 2.85. The van der Waals surface area contributed by atoms with Crippen LogP contribution in [-0.4, -0.2) is 45.8 Å². The molecule has 0 fully saturated rings. The second kappa shape index (κ2) is 11.3.